The standard InChI is InChI=1S/C27H31NO7S/c1-17-7-6-8-19(13-17)25(29)34-23-15-24-20(14-22(23)18-9-11-21(33-5)12-10-18)16-28(36(24,31)32)26(30)35-27(2,3)4/h6-14,22-24H,15-16H2,1-5H3. The van der Waals surface area contributed by atoms with E-state index in [1.165, 1.54) is 0 Å². The molecule has 0 saturated carbocycles. The van der Waals surface area contributed by atoms with Gasteiger partial charge in [-0.3, -0.25) is 0 Å². The van der Waals surface area contributed by atoms with Crippen LogP contribution in [0.2, 0.25) is 0 Å². The first-order chi connectivity index (χ1) is 16.9. The number of sulfonamides is 1. The van der Waals surface area contributed by atoms with E-state index < -0.39 is 45.0 Å². The van der Waals surface area contributed by atoms with Crippen molar-refractivity contribution in [2.75, 3.05) is 13.7 Å². The molecule has 9 heteroatoms. The van der Waals surface area contributed by atoms with E-state index in [9.17, 15) is 18.0 Å². The summed E-state index contributed by atoms with van der Waals surface area (Å²) in [6.45, 7) is 6.83. The fourth-order valence-corrected chi connectivity index (χ4v) is 6.40. The second-order valence-electron chi connectivity index (χ2n) is 10.1. The van der Waals surface area contributed by atoms with Gasteiger partial charge in [-0.25, -0.2) is 18.0 Å². The highest BCUT2D eigenvalue weighted by Gasteiger charge is 2.51. The molecule has 0 aromatic heterocycles. The van der Waals surface area contributed by atoms with E-state index in [0.717, 1.165) is 15.4 Å². The summed E-state index contributed by atoms with van der Waals surface area (Å²) in [7, 11) is -2.46. The number of fused-ring (bicyclic) bond motifs is 1. The van der Waals surface area contributed by atoms with Gasteiger partial charge in [0.2, 0.25) is 10.0 Å². The molecule has 0 radical (unpaired) electrons. The van der Waals surface area contributed by atoms with E-state index >= 15 is 0 Å². The fourth-order valence-electron chi connectivity index (χ4n) is 4.55. The monoisotopic (exact) mass is 513 g/mol. The molecule has 1 aliphatic carbocycles. The number of hydrogen-bond acceptors (Lipinski definition) is 7. The SMILES string of the molecule is COc1ccc(C2C=C3CN(C(=O)OC(C)(C)C)S(=O)(=O)C3CC2OC(=O)c2cccc(C)c2)cc1. The average Bonchev–Trinajstić information content (AvgIpc) is 3.07. The van der Waals surface area contributed by atoms with Gasteiger partial charge in [0.05, 0.1) is 19.2 Å². The highest BCUT2D eigenvalue weighted by molar-refractivity contribution is 7.90. The maximum Gasteiger partial charge on any atom is 0.424 e. The molecule has 2 aromatic rings. The molecule has 1 aliphatic heterocycles. The van der Waals surface area contributed by atoms with E-state index in [4.69, 9.17) is 14.2 Å². The lowest BCUT2D eigenvalue weighted by Crippen LogP contribution is -2.40. The van der Waals surface area contributed by atoms with Crippen molar-refractivity contribution in [3.8, 4) is 5.75 Å². The van der Waals surface area contributed by atoms with Crippen LogP contribution >= 0.6 is 0 Å². The van der Waals surface area contributed by atoms with Gasteiger partial charge in [-0.05, 0) is 63.1 Å². The molecule has 2 aliphatic rings. The summed E-state index contributed by atoms with van der Waals surface area (Å²) in [6.07, 6.45) is 0.175. The van der Waals surface area contributed by atoms with Gasteiger partial charge in [-0.2, -0.15) is 4.31 Å². The Bertz CT molecular complexity index is 1290. The molecule has 1 heterocycles. The number of aryl methyl sites for hydroxylation is 1. The molecule has 36 heavy (non-hydrogen) atoms. The van der Waals surface area contributed by atoms with Gasteiger partial charge in [0, 0.05) is 12.3 Å². The van der Waals surface area contributed by atoms with Crippen molar-refractivity contribution in [1.29, 1.82) is 0 Å². The predicted molar refractivity (Wildman–Crippen MR) is 134 cm³/mol. The summed E-state index contributed by atoms with van der Waals surface area (Å²) in [4.78, 5) is 25.7. The predicted octanol–water partition coefficient (Wildman–Crippen LogP) is 4.59. The summed E-state index contributed by atoms with van der Waals surface area (Å²) >= 11 is 0. The Labute approximate surface area is 211 Å². The Kier molecular flexibility index (Phi) is 6.88. The molecule has 3 atom stereocenters. The van der Waals surface area contributed by atoms with Crippen molar-refractivity contribution in [1.82, 2.24) is 4.31 Å². The minimum absolute atomic E-state index is 0.0295. The second-order valence-corrected chi connectivity index (χ2v) is 12.1. The minimum Gasteiger partial charge on any atom is -0.497 e. The van der Waals surface area contributed by atoms with E-state index in [0.29, 0.717) is 16.9 Å². The third-order valence-corrected chi connectivity index (χ3v) is 8.36. The molecule has 0 bridgehead atoms. The minimum atomic E-state index is -4.04. The lowest BCUT2D eigenvalue weighted by Gasteiger charge is -2.32. The summed E-state index contributed by atoms with van der Waals surface area (Å²) in [5, 5.41) is -0.977. The van der Waals surface area contributed by atoms with Gasteiger partial charge in [0.25, 0.3) is 0 Å². The molecule has 2 aromatic carbocycles. The second kappa shape index (κ2) is 9.61. The van der Waals surface area contributed by atoms with Gasteiger partial charge in [-0.1, -0.05) is 35.9 Å². The summed E-state index contributed by atoms with van der Waals surface area (Å²) in [5.41, 5.74) is 1.89. The van der Waals surface area contributed by atoms with Gasteiger partial charge in [0.15, 0.2) is 0 Å². The van der Waals surface area contributed by atoms with Crippen molar-refractivity contribution >= 4 is 22.1 Å². The molecule has 4 rings (SSSR count). The normalized spacial score (nSPS) is 22.9. The molecule has 1 fully saturated rings. The van der Waals surface area contributed by atoms with E-state index in [-0.39, 0.29) is 13.0 Å². The van der Waals surface area contributed by atoms with Gasteiger partial charge < -0.3 is 14.2 Å². The number of esters is 1. The number of hydrogen-bond donors (Lipinski definition) is 0. The lowest BCUT2D eigenvalue weighted by atomic mass is 9.82. The summed E-state index contributed by atoms with van der Waals surface area (Å²) < 4.78 is 44.0. The van der Waals surface area contributed by atoms with Gasteiger partial charge in [0.1, 0.15) is 22.7 Å². The van der Waals surface area contributed by atoms with Gasteiger partial charge in [-0.15, -0.1) is 0 Å². The molecule has 0 N–H and O–H groups in total. The van der Waals surface area contributed by atoms with Crippen LogP contribution in [-0.4, -0.2) is 55.4 Å². The first-order valence-electron chi connectivity index (χ1n) is 11.8. The Morgan fingerprint density at radius 2 is 1.75 bits per heavy atom. The molecular formula is C27H31NO7S. The molecule has 3 unspecified atom stereocenters. The number of methoxy groups -OCH3 is 1. The summed E-state index contributed by atoms with van der Waals surface area (Å²) in [5.74, 6) is -0.254. The molecule has 0 spiro atoms. The quantitative estimate of drug-likeness (QED) is 0.435. The van der Waals surface area contributed by atoms with Crippen LogP contribution in [0.25, 0.3) is 0 Å². The largest absolute Gasteiger partial charge is 0.497 e. The highest BCUT2D eigenvalue weighted by atomic mass is 32.2. The Morgan fingerprint density at radius 3 is 2.36 bits per heavy atom. The third kappa shape index (κ3) is 5.26. The number of amides is 1. The van der Waals surface area contributed by atoms with Crippen LogP contribution in [0.5, 0.6) is 5.75 Å². The molecule has 1 saturated heterocycles. The van der Waals surface area contributed by atoms with Crippen molar-refractivity contribution in [2.45, 2.75) is 57.0 Å². The van der Waals surface area contributed by atoms with Crippen LogP contribution in [0.3, 0.4) is 0 Å². The average molecular weight is 514 g/mol. The molecule has 8 nitrogen and oxygen atoms in total. The van der Waals surface area contributed by atoms with E-state index in [1.54, 1.807) is 58.2 Å². The van der Waals surface area contributed by atoms with Crippen LogP contribution in [0.1, 0.15) is 54.6 Å². The molecule has 192 valence electrons. The van der Waals surface area contributed by atoms with Crippen LogP contribution in [0.4, 0.5) is 4.79 Å². The summed E-state index contributed by atoms with van der Waals surface area (Å²) in [6, 6.07) is 14.4. The number of rotatable bonds is 4. The van der Waals surface area contributed by atoms with Crippen molar-refractivity contribution < 1.29 is 32.2 Å². The van der Waals surface area contributed by atoms with E-state index in [1.807, 2.05) is 31.2 Å². The van der Waals surface area contributed by atoms with Crippen LogP contribution in [-0.2, 0) is 19.5 Å². The number of ether oxygens (including phenoxy) is 3. The van der Waals surface area contributed by atoms with Crippen molar-refractivity contribution in [3.05, 3.63) is 76.9 Å². The van der Waals surface area contributed by atoms with Gasteiger partial charge >= 0.3 is 12.1 Å². The number of carbonyl (C=O) groups is 2. The Balaban J connectivity index is 1.68. The van der Waals surface area contributed by atoms with Crippen LogP contribution in [0.15, 0.2) is 60.2 Å². The fraction of sp³-hybridized carbons (Fsp3) is 0.407. The van der Waals surface area contributed by atoms with Crippen molar-refractivity contribution in [3.63, 3.8) is 0 Å². The lowest BCUT2D eigenvalue weighted by molar-refractivity contribution is 0.0237. The zero-order valence-electron chi connectivity index (χ0n) is 21.1. The topological polar surface area (TPSA) is 99.2 Å². The highest BCUT2D eigenvalue weighted by Crippen LogP contribution is 2.42. The van der Waals surface area contributed by atoms with Crippen molar-refractivity contribution in [2.24, 2.45) is 0 Å². The molecular weight excluding hydrogens is 482 g/mol. The maximum atomic E-state index is 13.4. The number of carbonyl (C=O) groups excluding carboxylic acids is 2. The first kappa shape index (κ1) is 25.8. The maximum absolute atomic E-state index is 13.4. The Morgan fingerprint density at radius 1 is 1.06 bits per heavy atom. The van der Waals surface area contributed by atoms with Crippen LogP contribution < -0.4 is 4.74 Å². The zero-order chi connectivity index (χ0) is 26.3. The smallest absolute Gasteiger partial charge is 0.424 e. The Hall–Kier alpha value is -3.33. The third-order valence-electron chi connectivity index (χ3n) is 6.26. The first-order valence-corrected chi connectivity index (χ1v) is 13.3. The number of benzene rings is 2. The number of nitrogens with zero attached hydrogens (tertiary/aromatic N) is 1. The zero-order valence-corrected chi connectivity index (χ0v) is 21.9. The van der Waals surface area contributed by atoms with E-state index in [2.05, 4.69) is 0 Å². The molecule has 1 amide bonds. The van der Waals surface area contributed by atoms with Crippen LogP contribution in [0, 0.1) is 6.92 Å².